The van der Waals surface area contributed by atoms with E-state index in [4.69, 9.17) is 0 Å². The van der Waals surface area contributed by atoms with Crippen molar-refractivity contribution in [3.05, 3.63) is 34.9 Å². The van der Waals surface area contributed by atoms with Crippen LogP contribution in [0.1, 0.15) is 73.9 Å². The average Bonchev–Trinajstić information content (AvgIpc) is 2.38. The van der Waals surface area contributed by atoms with Gasteiger partial charge in [0.2, 0.25) is 0 Å². The van der Waals surface area contributed by atoms with Gasteiger partial charge in [-0.15, -0.1) is 0 Å². The average molecular weight is 260 g/mol. The number of Topliss-reactive ketones (excluding diaryl/α,β-unsaturated/α-hetero) is 1. The van der Waals surface area contributed by atoms with Gasteiger partial charge in [0.05, 0.1) is 0 Å². The summed E-state index contributed by atoms with van der Waals surface area (Å²) < 4.78 is 0. The minimum absolute atomic E-state index is 0.297. The van der Waals surface area contributed by atoms with Crippen molar-refractivity contribution < 1.29 is 4.79 Å². The summed E-state index contributed by atoms with van der Waals surface area (Å²) in [5, 5.41) is 0. The molecule has 106 valence electrons. The molecule has 0 heterocycles. The molecule has 1 unspecified atom stereocenters. The number of unbranched alkanes of at least 4 members (excludes halogenated alkanes) is 1. The molecule has 0 saturated heterocycles. The van der Waals surface area contributed by atoms with Crippen LogP contribution < -0.4 is 0 Å². The minimum atomic E-state index is 0.297. The monoisotopic (exact) mass is 260 g/mol. The van der Waals surface area contributed by atoms with Crippen LogP contribution in [0.4, 0.5) is 0 Å². The van der Waals surface area contributed by atoms with Crippen LogP contribution in [0, 0.1) is 19.8 Å². The predicted molar refractivity (Wildman–Crippen MR) is 82.8 cm³/mol. The summed E-state index contributed by atoms with van der Waals surface area (Å²) in [6.07, 6.45) is 6.74. The van der Waals surface area contributed by atoms with Crippen molar-refractivity contribution in [2.45, 2.75) is 66.2 Å². The van der Waals surface area contributed by atoms with Crippen molar-refractivity contribution >= 4 is 5.78 Å². The maximum absolute atomic E-state index is 12.1. The first-order valence-corrected chi connectivity index (χ1v) is 7.65. The molecule has 0 radical (unpaired) electrons. The topological polar surface area (TPSA) is 17.1 Å². The molecule has 1 atom stereocenters. The van der Waals surface area contributed by atoms with E-state index in [-0.39, 0.29) is 0 Å². The predicted octanol–water partition coefficient (Wildman–Crippen LogP) is 5.48. The van der Waals surface area contributed by atoms with Gasteiger partial charge in [-0.25, -0.2) is 0 Å². The highest BCUT2D eigenvalue weighted by molar-refractivity contribution is 5.96. The summed E-state index contributed by atoms with van der Waals surface area (Å²) in [6.45, 7) is 8.70. The molecule has 0 bridgehead atoms. The minimum Gasteiger partial charge on any atom is -0.294 e. The molecule has 0 aliphatic carbocycles. The molecule has 19 heavy (non-hydrogen) atoms. The third-order valence-electron chi connectivity index (χ3n) is 3.96. The molecule has 0 N–H and O–H groups in total. The Morgan fingerprint density at radius 2 is 1.84 bits per heavy atom. The van der Waals surface area contributed by atoms with Gasteiger partial charge in [0, 0.05) is 12.0 Å². The van der Waals surface area contributed by atoms with Crippen molar-refractivity contribution in [1.29, 1.82) is 0 Å². The summed E-state index contributed by atoms with van der Waals surface area (Å²) in [6, 6.07) is 6.04. The Morgan fingerprint density at radius 1 is 1.11 bits per heavy atom. The normalized spacial score (nSPS) is 12.4. The quantitative estimate of drug-likeness (QED) is 0.446. The van der Waals surface area contributed by atoms with Gasteiger partial charge in [-0.3, -0.25) is 4.79 Å². The van der Waals surface area contributed by atoms with Crippen molar-refractivity contribution in [1.82, 2.24) is 0 Å². The number of aryl methyl sites for hydroxylation is 2. The molecule has 0 aromatic heterocycles. The summed E-state index contributed by atoms with van der Waals surface area (Å²) in [5.41, 5.74) is 3.34. The van der Waals surface area contributed by atoms with Crippen molar-refractivity contribution in [2.24, 2.45) is 5.92 Å². The van der Waals surface area contributed by atoms with E-state index in [2.05, 4.69) is 27.7 Å². The van der Waals surface area contributed by atoms with Gasteiger partial charge in [0.15, 0.2) is 5.78 Å². The van der Waals surface area contributed by atoms with Crippen molar-refractivity contribution in [3.8, 4) is 0 Å². The number of carbonyl (C=O) groups is 1. The highest BCUT2D eigenvalue weighted by Gasteiger charge is 2.07. The molecule has 0 spiro atoms. The number of hydrogen-bond acceptors (Lipinski definition) is 1. The summed E-state index contributed by atoms with van der Waals surface area (Å²) >= 11 is 0. The zero-order valence-electron chi connectivity index (χ0n) is 13.0. The number of benzene rings is 1. The van der Waals surface area contributed by atoms with E-state index in [0.717, 1.165) is 17.9 Å². The van der Waals surface area contributed by atoms with Crippen LogP contribution in [-0.4, -0.2) is 5.78 Å². The van der Waals surface area contributed by atoms with E-state index < -0.39 is 0 Å². The maximum atomic E-state index is 12.1. The van der Waals surface area contributed by atoms with Crippen LogP contribution in [0.15, 0.2) is 18.2 Å². The lowest BCUT2D eigenvalue weighted by Gasteiger charge is -2.09. The molecule has 0 amide bonds. The van der Waals surface area contributed by atoms with Crippen LogP contribution in [0.2, 0.25) is 0 Å². The highest BCUT2D eigenvalue weighted by Crippen LogP contribution is 2.17. The number of rotatable bonds is 8. The van der Waals surface area contributed by atoms with Crippen LogP contribution in [0.5, 0.6) is 0 Å². The molecule has 0 aliphatic rings. The second-order valence-corrected chi connectivity index (χ2v) is 5.86. The molecular weight excluding hydrogens is 232 g/mol. The van der Waals surface area contributed by atoms with Crippen molar-refractivity contribution in [3.63, 3.8) is 0 Å². The fourth-order valence-corrected chi connectivity index (χ4v) is 2.47. The van der Waals surface area contributed by atoms with E-state index in [9.17, 15) is 4.79 Å². The first kappa shape index (κ1) is 15.9. The summed E-state index contributed by atoms with van der Waals surface area (Å²) in [4.78, 5) is 12.1. The Morgan fingerprint density at radius 3 is 2.47 bits per heavy atom. The number of hydrogen-bond donors (Lipinski definition) is 0. The van der Waals surface area contributed by atoms with Gasteiger partial charge in [-0.2, -0.15) is 0 Å². The zero-order chi connectivity index (χ0) is 14.3. The van der Waals surface area contributed by atoms with Crippen LogP contribution in [-0.2, 0) is 0 Å². The molecule has 0 fully saturated rings. The molecule has 0 aliphatic heterocycles. The zero-order valence-corrected chi connectivity index (χ0v) is 13.0. The van der Waals surface area contributed by atoms with E-state index in [0.29, 0.717) is 12.2 Å². The molecule has 1 rings (SSSR count). The fourth-order valence-electron chi connectivity index (χ4n) is 2.47. The number of ketones is 1. The van der Waals surface area contributed by atoms with E-state index in [1.165, 1.54) is 36.8 Å². The largest absolute Gasteiger partial charge is 0.294 e. The molecule has 0 saturated carbocycles. The highest BCUT2D eigenvalue weighted by atomic mass is 16.1. The fraction of sp³-hybridized carbons (Fsp3) is 0.611. The van der Waals surface area contributed by atoms with Crippen LogP contribution in [0.25, 0.3) is 0 Å². The smallest absolute Gasteiger partial charge is 0.162 e. The van der Waals surface area contributed by atoms with E-state index in [1.807, 2.05) is 18.2 Å². The molecule has 1 aromatic carbocycles. The third-order valence-corrected chi connectivity index (χ3v) is 3.96. The Kier molecular flexibility index (Phi) is 6.83. The second kappa shape index (κ2) is 8.14. The first-order chi connectivity index (χ1) is 9.04. The van der Waals surface area contributed by atoms with Gasteiger partial charge in [-0.1, -0.05) is 51.7 Å². The lowest BCUT2D eigenvalue weighted by Crippen LogP contribution is -2.01. The molecule has 1 heteroatoms. The first-order valence-electron chi connectivity index (χ1n) is 7.65. The van der Waals surface area contributed by atoms with Gasteiger partial charge < -0.3 is 0 Å². The number of carbonyl (C=O) groups excluding carboxylic acids is 1. The van der Waals surface area contributed by atoms with Crippen molar-refractivity contribution in [2.75, 3.05) is 0 Å². The third kappa shape index (κ3) is 5.59. The Labute approximate surface area is 118 Å². The SMILES string of the molecule is CCCC(C)CCCCC(=O)c1ccc(C)c(C)c1. The lowest BCUT2D eigenvalue weighted by atomic mass is 9.96. The van der Waals surface area contributed by atoms with Gasteiger partial charge in [0.25, 0.3) is 0 Å². The van der Waals surface area contributed by atoms with E-state index in [1.54, 1.807) is 0 Å². The van der Waals surface area contributed by atoms with Gasteiger partial charge in [0.1, 0.15) is 0 Å². The maximum Gasteiger partial charge on any atom is 0.162 e. The van der Waals surface area contributed by atoms with Crippen LogP contribution in [0.3, 0.4) is 0 Å². The molecular formula is C18H28O. The Balaban J connectivity index is 2.33. The Bertz CT molecular complexity index is 406. The summed E-state index contributed by atoms with van der Waals surface area (Å²) in [7, 11) is 0. The van der Waals surface area contributed by atoms with E-state index >= 15 is 0 Å². The lowest BCUT2D eigenvalue weighted by molar-refractivity contribution is 0.0978. The summed E-state index contributed by atoms with van der Waals surface area (Å²) in [5.74, 6) is 1.10. The van der Waals surface area contributed by atoms with Gasteiger partial charge >= 0.3 is 0 Å². The molecule has 1 nitrogen and oxygen atoms in total. The second-order valence-electron chi connectivity index (χ2n) is 5.86. The van der Waals surface area contributed by atoms with Gasteiger partial charge in [-0.05, 0) is 43.4 Å². The standard InChI is InChI=1S/C18H28O/c1-5-8-14(2)9-6-7-10-18(19)17-12-11-15(3)16(4)13-17/h11-14H,5-10H2,1-4H3. The van der Waals surface area contributed by atoms with Crippen LogP contribution >= 0.6 is 0 Å². The Hall–Kier alpha value is -1.11. The molecule has 1 aromatic rings.